The number of rotatable bonds is 5. The van der Waals surface area contributed by atoms with E-state index in [4.69, 9.17) is 10.7 Å². The first kappa shape index (κ1) is 23.8. The number of primary amides is 1. The Hall–Kier alpha value is -3.32. The normalized spacial score (nSPS) is 12.8. The van der Waals surface area contributed by atoms with Crippen LogP contribution in [0.5, 0.6) is 0 Å². The first-order valence-electron chi connectivity index (χ1n) is 11.6. The SMILES string of the molecule is Cc1ccc(S)cc1.Cc1cn2c(-c3ccc(CCNC(N)=O)cc3)c(C3CC3)nc2c(C)n1. The Labute approximate surface area is 206 Å². The van der Waals surface area contributed by atoms with Crippen LogP contribution in [-0.2, 0) is 6.42 Å². The van der Waals surface area contributed by atoms with Gasteiger partial charge >= 0.3 is 6.03 Å². The van der Waals surface area contributed by atoms with Gasteiger partial charge in [0.15, 0.2) is 5.65 Å². The van der Waals surface area contributed by atoms with E-state index < -0.39 is 6.03 Å². The molecule has 3 N–H and O–H groups in total. The van der Waals surface area contributed by atoms with Crippen molar-refractivity contribution in [2.24, 2.45) is 5.73 Å². The van der Waals surface area contributed by atoms with E-state index in [1.165, 1.54) is 35.4 Å². The lowest BCUT2D eigenvalue weighted by molar-refractivity contribution is 0.249. The number of imidazole rings is 1. The lowest BCUT2D eigenvalue weighted by atomic mass is 10.0. The lowest BCUT2D eigenvalue weighted by Crippen LogP contribution is -2.30. The van der Waals surface area contributed by atoms with Crippen molar-refractivity contribution in [1.29, 1.82) is 0 Å². The first-order chi connectivity index (χ1) is 16.3. The van der Waals surface area contributed by atoms with Crippen LogP contribution >= 0.6 is 12.6 Å². The highest BCUT2D eigenvalue weighted by Gasteiger charge is 2.31. The van der Waals surface area contributed by atoms with Crippen molar-refractivity contribution in [2.45, 2.75) is 50.8 Å². The third-order valence-electron chi connectivity index (χ3n) is 5.86. The second-order valence-corrected chi connectivity index (χ2v) is 9.37. The highest BCUT2D eigenvalue weighted by molar-refractivity contribution is 7.80. The quantitative estimate of drug-likeness (QED) is 0.340. The van der Waals surface area contributed by atoms with Crippen LogP contribution in [0.1, 0.15) is 47.0 Å². The van der Waals surface area contributed by atoms with E-state index in [0.29, 0.717) is 12.5 Å². The molecule has 7 heteroatoms. The minimum atomic E-state index is -0.485. The predicted molar refractivity (Wildman–Crippen MR) is 140 cm³/mol. The van der Waals surface area contributed by atoms with Gasteiger partial charge in [-0.05, 0) is 57.7 Å². The van der Waals surface area contributed by atoms with Crippen LogP contribution in [0.3, 0.4) is 0 Å². The number of urea groups is 1. The van der Waals surface area contributed by atoms with Crippen molar-refractivity contribution >= 4 is 24.3 Å². The summed E-state index contributed by atoms with van der Waals surface area (Å²) in [6, 6.07) is 16.1. The standard InChI is InChI=1S/C20H23N5O.C7H8S/c1-12-11-25-18(17(15-7-8-15)24-19(25)13(2)23-12)16-5-3-14(4-6-16)9-10-22-20(21)26;1-6-2-4-7(8)5-3-6/h3-6,11,15H,7-10H2,1-2H3,(H3,21,22,26);2-5,8H,1H3. The third-order valence-corrected chi connectivity index (χ3v) is 6.16. The largest absolute Gasteiger partial charge is 0.352 e. The minimum Gasteiger partial charge on any atom is -0.352 e. The van der Waals surface area contributed by atoms with E-state index >= 15 is 0 Å². The summed E-state index contributed by atoms with van der Waals surface area (Å²) >= 11 is 4.13. The molecule has 2 amide bonds. The topological polar surface area (TPSA) is 85.3 Å². The Morgan fingerprint density at radius 1 is 1.06 bits per heavy atom. The second-order valence-electron chi connectivity index (χ2n) is 8.85. The number of benzene rings is 2. The van der Waals surface area contributed by atoms with E-state index in [1.54, 1.807) is 0 Å². The molecular weight excluding hydrogens is 442 g/mol. The molecule has 2 aromatic heterocycles. The number of aromatic nitrogens is 3. The van der Waals surface area contributed by atoms with E-state index in [0.717, 1.165) is 33.9 Å². The van der Waals surface area contributed by atoms with Crippen LogP contribution < -0.4 is 11.1 Å². The Morgan fingerprint density at radius 2 is 1.74 bits per heavy atom. The van der Waals surface area contributed by atoms with Crippen molar-refractivity contribution in [1.82, 2.24) is 19.7 Å². The number of nitrogens with zero attached hydrogens (tertiary/aromatic N) is 3. The molecule has 6 nitrogen and oxygen atoms in total. The molecule has 34 heavy (non-hydrogen) atoms. The molecular formula is C27H31N5OS. The molecule has 5 rings (SSSR count). The zero-order valence-corrected chi connectivity index (χ0v) is 20.8. The fourth-order valence-corrected chi connectivity index (χ4v) is 4.14. The summed E-state index contributed by atoms with van der Waals surface area (Å²) < 4.78 is 2.19. The van der Waals surface area contributed by atoms with Gasteiger partial charge in [-0.2, -0.15) is 0 Å². The van der Waals surface area contributed by atoms with Gasteiger partial charge in [-0.15, -0.1) is 12.6 Å². The molecule has 1 saturated carbocycles. The lowest BCUT2D eigenvalue weighted by Gasteiger charge is -2.08. The molecule has 1 aliphatic rings. The molecule has 0 spiro atoms. The molecule has 0 radical (unpaired) electrons. The summed E-state index contributed by atoms with van der Waals surface area (Å²) in [4.78, 5) is 21.3. The maximum Gasteiger partial charge on any atom is 0.312 e. The van der Waals surface area contributed by atoms with Crippen LogP contribution in [-0.4, -0.2) is 26.9 Å². The maximum atomic E-state index is 10.8. The van der Waals surface area contributed by atoms with E-state index in [1.807, 2.05) is 38.1 Å². The summed E-state index contributed by atoms with van der Waals surface area (Å²) in [5.41, 5.74) is 14.0. The first-order valence-corrected chi connectivity index (χ1v) is 12.0. The van der Waals surface area contributed by atoms with E-state index in [9.17, 15) is 4.79 Å². The van der Waals surface area contributed by atoms with Gasteiger partial charge < -0.3 is 11.1 Å². The van der Waals surface area contributed by atoms with Gasteiger partial charge in [0.2, 0.25) is 0 Å². The average molecular weight is 474 g/mol. The number of carbonyl (C=O) groups excluding carboxylic acids is 1. The number of amides is 2. The Bertz CT molecular complexity index is 1270. The monoisotopic (exact) mass is 473 g/mol. The van der Waals surface area contributed by atoms with Crippen molar-refractivity contribution < 1.29 is 4.79 Å². The van der Waals surface area contributed by atoms with Crippen LogP contribution in [0.25, 0.3) is 16.9 Å². The van der Waals surface area contributed by atoms with Crippen LogP contribution in [0.4, 0.5) is 4.79 Å². The fraction of sp³-hybridized carbons (Fsp3) is 0.296. The zero-order valence-electron chi connectivity index (χ0n) is 19.9. The third kappa shape index (κ3) is 5.78. The number of fused-ring (bicyclic) bond motifs is 1. The van der Waals surface area contributed by atoms with Gasteiger partial charge in [-0.3, -0.25) is 9.38 Å². The summed E-state index contributed by atoms with van der Waals surface area (Å²) in [6.07, 6.45) is 5.24. The number of aryl methyl sites for hydroxylation is 3. The van der Waals surface area contributed by atoms with Crippen LogP contribution in [0.15, 0.2) is 59.6 Å². The van der Waals surface area contributed by atoms with E-state index in [-0.39, 0.29) is 0 Å². The molecule has 1 fully saturated rings. The van der Waals surface area contributed by atoms with Gasteiger partial charge in [-0.1, -0.05) is 42.0 Å². The smallest absolute Gasteiger partial charge is 0.312 e. The number of hydrogen-bond donors (Lipinski definition) is 3. The Kier molecular flexibility index (Phi) is 7.22. The molecule has 2 heterocycles. The van der Waals surface area contributed by atoms with Crippen molar-refractivity contribution in [3.63, 3.8) is 0 Å². The average Bonchev–Trinajstić information content (AvgIpc) is 3.57. The van der Waals surface area contributed by atoms with Gasteiger partial charge in [0.1, 0.15) is 0 Å². The molecule has 0 atom stereocenters. The molecule has 4 aromatic rings. The summed E-state index contributed by atoms with van der Waals surface area (Å²) in [5, 5.41) is 2.62. The van der Waals surface area contributed by atoms with Gasteiger partial charge in [0.25, 0.3) is 0 Å². The van der Waals surface area contributed by atoms with Crippen molar-refractivity contribution in [3.8, 4) is 11.3 Å². The molecule has 176 valence electrons. The Morgan fingerprint density at radius 3 is 2.32 bits per heavy atom. The fourth-order valence-electron chi connectivity index (χ4n) is 3.99. The minimum absolute atomic E-state index is 0.485. The number of thiol groups is 1. The number of carbonyl (C=O) groups is 1. The maximum absolute atomic E-state index is 10.8. The Balaban J connectivity index is 0.000000291. The molecule has 1 aliphatic carbocycles. The molecule has 0 bridgehead atoms. The predicted octanol–water partition coefficient (Wildman–Crippen LogP) is 5.39. The van der Waals surface area contributed by atoms with Crippen molar-refractivity contribution in [2.75, 3.05) is 6.54 Å². The second kappa shape index (κ2) is 10.3. The van der Waals surface area contributed by atoms with E-state index in [2.05, 4.69) is 64.7 Å². The van der Waals surface area contributed by atoms with Crippen LogP contribution in [0.2, 0.25) is 0 Å². The summed E-state index contributed by atoms with van der Waals surface area (Å²) in [5.74, 6) is 0.559. The van der Waals surface area contributed by atoms with Gasteiger partial charge in [0, 0.05) is 29.1 Å². The molecule has 0 unspecified atom stereocenters. The number of nitrogens with two attached hydrogens (primary N) is 1. The molecule has 0 aliphatic heterocycles. The molecule has 0 saturated heterocycles. The highest BCUT2D eigenvalue weighted by atomic mass is 32.1. The van der Waals surface area contributed by atoms with Crippen molar-refractivity contribution in [3.05, 3.63) is 82.9 Å². The number of hydrogen-bond acceptors (Lipinski definition) is 4. The summed E-state index contributed by atoms with van der Waals surface area (Å²) in [7, 11) is 0. The zero-order chi connectivity index (χ0) is 24.2. The summed E-state index contributed by atoms with van der Waals surface area (Å²) in [6.45, 7) is 6.64. The number of nitrogens with one attached hydrogen (secondary N) is 1. The highest BCUT2D eigenvalue weighted by Crippen LogP contribution is 2.44. The molecule has 2 aromatic carbocycles. The van der Waals surface area contributed by atoms with Crippen LogP contribution in [0, 0.1) is 20.8 Å². The van der Waals surface area contributed by atoms with Gasteiger partial charge in [0.05, 0.1) is 22.8 Å². The van der Waals surface area contributed by atoms with Gasteiger partial charge in [-0.25, -0.2) is 9.78 Å².